The molecule has 0 aliphatic rings. The van der Waals surface area contributed by atoms with Crippen LogP contribution in [0.5, 0.6) is 46.4 Å². The molecule has 0 saturated carbocycles. The first-order chi connectivity index (χ1) is 40.6. The molecule has 0 unspecified atom stereocenters. The van der Waals surface area contributed by atoms with Gasteiger partial charge in [-0.2, -0.15) is 10.5 Å². The number of carbonyl (C=O) groups is 3. The van der Waals surface area contributed by atoms with Gasteiger partial charge in [0.05, 0.1) is 78.6 Å². The van der Waals surface area contributed by atoms with Crippen molar-refractivity contribution in [1.82, 2.24) is 29.9 Å². The summed E-state index contributed by atoms with van der Waals surface area (Å²) in [6.07, 6.45) is 7.68. The molecule has 8 aromatic rings. The molecule has 22 nitrogen and oxygen atoms in total. The molecule has 0 saturated heterocycles. The number of nitrogens with zero attached hydrogens (tertiary/aromatic N) is 8. The van der Waals surface area contributed by atoms with E-state index in [0.717, 1.165) is 0 Å². The number of esters is 3. The van der Waals surface area contributed by atoms with E-state index in [2.05, 4.69) is 40.7 Å². The van der Waals surface area contributed by atoms with Crippen molar-refractivity contribution in [3.05, 3.63) is 221 Å². The van der Waals surface area contributed by atoms with E-state index in [9.17, 15) is 24.8 Å². The largest absolute Gasteiger partial charge is 0.507 e. The van der Waals surface area contributed by atoms with Gasteiger partial charge < -0.3 is 52.8 Å². The van der Waals surface area contributed by atoms with Crippen molar-refractivity contribution in [1.29, 1.82) is 10.5 Å². The number of ether oxygens (including phenoxy) is 9. The van der Waals surface area contributed by atoms with Crippen molar-refractivity contribution in [2.24, 2.45) is 0 Å². The predicted octanol–water partition coefficient (Wildman–Crippen LogP) is 12.4. The first kappa shape index (κ1) is 68.5. The molecular weight excluding hydrogens is 1160 g/mol. The zero-order chi connectivity index (χ0) is 61.2. The number of hydrogen-bond acceptors (Lipinski definition) is 22. The third kappa shape index (κ3) is 22.2. The van der Waals surface area contributed by atoms with Crippen molar-refractivity contribution in [3.63, 3.8) is 0 Å². The Morgan fingerprint density at radius 1 is 0.424 bits per heavy atom. The molecule has 0 radical (unpaired) electrons. The van der Waals surface area contributed by atoms with Gasteiger partial charge in [-0.3, -0.25) is 0 Å². The fraction of sp³-hybridized carbons (Fsp3) is 0.117. The number of aromatic hydroxyl groups is 2. The van der Waals surface area contributed by atoms with Crippen molar-refractivity contribution in [2.45, 2.75) is 7.43 Å². The molecule has 0 bridgehead atoms. The summed E-state index contributed by atoms with van der Waals surface area (Å²) >= 11 is 16.6. The fourth-order valence-corrected chi connectivity index (χ4v) is 6.77. The van der Waals surface area contributed by atoms with Gasteiger partial charge in [0.2, 0.25) is 17.6 Å². The lowest BCUT2D eigenvalue weighted by atomic mass is 10.1. The maximum atomic E-state index is 12.1. The maximum Gasteiger partial charge on any atom is 0.341 e. The molecule has 0 fully saturated rings. The first-order valence-electron chi connectivity index (χ1n) is 23.7. The molecule has 0 spiro atoms. The number of nitriles is 2. The number of phenols is 2. The summed E-state index contributed by atoms with van der Waals surface area (Å²) in [5.74, 6) is 0.134. The Kier molecular flexibility index (Phi) is 30.0. The first-order valence-corrected chi connectivity index (χ1v) is 24.8. The number of hydrogen-bond donors (Lipinski definition) is 2. The highest BCUT2D eigenvalue weighted by Crippen LogP contribution is 2.34. The van der Waals surface area contributed by atoms with Crippen LogP contribution in [0.25, 0.3) is 16.7 Å². The third-order valence-electron chi connectivity index (χ3n) is 9.97. The van der Waals surface area contributed by atoms with Crippen LogP contribution in [-0.4, -0.2) is 101 Å². The normalized spacial score (nSPS) is 10.3. The molecule has 5 aromatic carbocycles. The molecule has 3 aromatic heterocycles. The van der Waals surface area contributed by atoms with E-state index in [-0.39, 0.29) is 58.4 Å². The number of aromatic nitrogens is 6. The Hall–Kier alpha value is -10.8. The van der Waals surface area contributed by atoms with E-state index >= 15 is 0 Å². The van der Waals surface area contributed by atoms with Gasteiger partial charge in [-0.1, -0.05) is 121 Å². The lowest BCUT2D eigenvalue weighted by molar-refractivity contribution is -0.134. The van der Waals surface area contributed by atoms with Gasteiger partial charge in [-0.15, -0.1) is 0 Å². The molecule has 3 heterocycles. The van der Waals surface area contributed by atoms with Crippen LogP contribution in [0.4, 0.5) is 0 Å². The molecular formula is C60H53Cl3N8O14. The average molecular weight is 1220 g/mol. The maximum absolute atomic E-state index is 12.1. The minimum Gasteiger partial charge on any atom is -0.507 e. The van der Waals surface area contributed by atoms with Crippen LogP contribution in [0.1, 0.15) is 35.2 Å². The van der Waals surface area contributed by atoms with Gasteiger partial charge in [0, 0.05) is 28.8 Å². The smallest absolute Gasteiger partial charge is 0.341 e. The lowest BCUT2D eigenvalue weighted by Gasteiger charge is -2.12. The standard InChI is InChI=1S/C22H17N3O5.C15H13ClN2O4.C11H12O4.C7H5NO.C4H2Cl2N2.CH4/c1-27-13-17(22(26)28-2)16-8-4-6-10-19(16)30-21-11-20(24-14-25-21)29-18-9-5-3-7-15(18)12-23;1-20-8-11(15(19)21-2)10-5-3-4-6-12(10)22-14-7-13(16)17-9-18-14;1-14-7-9(11(13)15-2)8-5-3-4-6-10(8)12;8-5-6-3-1-2-4-7(6)9;5-3-1-4(6)8-2-7-3;/h3-11,13-14H,1-2H3;3-9H,1-2H3;3-7,12H,1-2H3;1-4,9H;1-2H;1H4/b17-13-;11-8-;9-7-;;;. The third-order valence-corrected chi connectivity index (χ3v) is 10.6. The van der Waals surface area contributed by atoms with Gasteiger partial charge in [-0.25, -0.2) is 44.3 Å². The Morgan fingerprint density at radius 2 is 0.753 bits per heavy atom. The molecule has 25 heteroatoms. The molecule has 0 atom stereocenters. The van der Waals surface area contributed by atoms with Crippen molar-refractivity contribution < 1.29 is 67.2 Å². The summed E-state index contributed by atoms with van der Waals surface area (Å²) in [5, 5.41) is 36.9. The number of rotatable bonds is 15. The Morgan fingerprint density at radius 3 is 1.13 bits per heavy atom. The second-order valence-electron chi connectivity index (χ2n) is 15.4. The molecule has 85 heavy (non-hydrogen) atoms. The molecule has 0 amide bonds. The number of benzene rings is 5. The highest BCUT2D eigenvalue weighted by Gasteiger charge is 2.21. The number of halogens is 3. The highest BCUT2D eigenvalue weighted by atomic mass is 35.5. The SMILES string of the molecule is C.CO/C=C(\C(=O)OC)c1ccccc1O.CO/C=C(\C(=O)OC)c1ccccc1Oc1cc(Cl)ncn1.CO/C=C(\C(=O)OC)c1ccccc1Oc1cc(Oc2ccccc2C#N)ncn1.Clc1cc(Cl)ncn1.N#Cc1ccccc1O. The van der Waals surface area contributed by atoms with E-state index in [1.807, 2.05) is 6.07 Å². The predicted molar refractivity (Wildman–Crippen MR) is 314 cm³/mol. The van der Waals surface area contributed by atoms with Crippen molar-refractivity contribution >= 4 is 69.4 Å². The van der Waals surface area contributed by atoms with Crippen LogP contribution in [0.2, 0.25) is 15.5 Å². The number of methoxy groups -OCH3 is 6. The van der Waals surface area contributed by atoms with Gasteiger partial charge in [0.25, 0.3) is 0 Å². The zero-order valence-corrected chi connectivity index (χ0v) is 47.5. The Balaban J connectivity index is 0.000000301. The van der Waals surface area contributed by atoms with E-state index in [0.29, 0.717) is 55.4 Å². The van der Waals surface area contributed by atoms with E-state index in [1.165, 1.54) is 111 Å². The van der Waals surface area contributed by atoms with Gasteiger partial charge in [-0.05, 0) is 42.5 Å². The van der Waals surface area contributed by atoms with Crippen molar-refractivity contribution in [3.8, 4) is 58.5 Å². The lowest BCUT2D eigenvalue weighted by Crippen LogP contribution is -2.06. The Bertz CT molecular complexity index is 3650. The van der Waals surface area contributed by atoms with E-state index in [4.69, 9.17) is 83.1 Å². The Labute approximate surface area is 503 Å². The molecule has 0 aliphatic heterocycles. The van der Waals surface area contributed by atoms with E-state index in [1.54, 1.807) is 109 Å². The van der Waals surface area contributed by atoms with Crippen molar-refractivity contribution in [2.75, 3.05) is 42.7 Å². The molecule has 0 aliphatic carbocycles. The van der Waals surface area contributed by atoms with Crippen LogP contribution in [-0.2, 0) is 42.8 Å². The summed E-state index contributed by atoms with van der Waals surface area (Å²) in [4.78, 5) is 58.5. The zero-order valence-electron chi connectivity index (χ0n) is 45.2. The van der Waals surface area contributed by atoms with Gasteiger partial charge in [0.15, 0.2) is 0 Å². The van der Waals surface area contributed by atoms with Crippen LogP contribution < -0.4 is 14.2 Å². The van der Waals surface area contributed by atoms with Crippen LogP contribution in [0, 0.1) is 22.7 Å². The van der Waals surface area contributed by atoms with Gasteiger partial charge >= 0.3 is 17.9 Å². The molecule has 438 valence electrons. The van der Waals surface area contributed by atoms with Crippen LogP contribution >= 0.6 is 34.8 Å². The highest BCUT2D eigenvalue weighted by molar-refractivity contribution is 6.33. The minimum atomic E-state index is -0.576. The second-order valence-corrected chi connectivity index (χ2v) is 16.5. The minimum absolute atomic E-state index is 0. The van der Waals surface area contributed by atoms with E-state index < -0.39 is 17.9 Å². The molecule has 2 N–H and O–H groups in total. The number of phenolic OH excluding ortho intramolecular Hbond substituents is 2. The monoisotopic (exact) mass is 1210 g/mol. The summed E-state index contributed by atoms with van der Waals surface area (Å²) in [6, 6.07) is 41.8. The summed E-state index contributed by atoms with van der Waals surface area (Å²) in [5.41, 5.74) is 2.62. The fourth-order valence-electron chi connectivity index (χ4n) is 6.28. The van der Waals surface area contributed by atoms with Crippen LogP contribution in [0.3, 0.4) is 0 Å². The quantitative estimate of drug-likeness (QED) is 0.0317. The average Bonchev–Trinajstić information content (AvgIpc) is 3.61. The second kappa shape index (κ2) is 37.3. The van der Waals surface area contributed by atoms with Gasteiger partial charge in [0.1, 0.15) is 92.0 Å². The summed E-state index contributed by atoms with van der Waals surface area (Å²) in [7, 11) is 8.13. The molecule has 8 rings (SSSR count). The number of para-hydroxylation sites is 5. The summed E-state index contributed by atoms with van der Waals surface area (Å²) < 4.78 is 46.1. The topological polar surface area (TPSA) is 300 Å². The van der Waals surface area contributed by atoms with Crippen LogP contribution in [0.15, 0.2) is 177 Å². The summed E-state index contributed by atoms with van der Waals surface area (Å²) in [6.45, 7) is 0. The number of carbonyl (C=O) groups excluding carboxylic acids is 3.